The van der Waals surface area contributed by atoms with Crippen molar-refractivity contribution in [3.8, 4) is 16.3 Å². The number of hydrogen-bond acceptors (Lipinski definition) is 6. The summed E-state index contributed by atoms with van der Waals surface area (Å²) in [7, 11) is 1.61. The predicted molar refractivity (Wildman–Crippen MR) is 98.2 cm³/mol. The average Bonchev–Trinajstić information content (AvgIpc) is 3.11. The molecule has 25 heavy (non-hydrogen) atoms. The minimum Gasteiger partial charge on any atom is -0.496 e. The molecule has 2 aromatic heterocycles. The van der Waals surface area contributed by atoms with Crippen LogP contribution in [0.25, 0.3) is 10.6 Å². The molecule has 0 bridgehead atoms. The molecule has 0 saturated carbocycles. The van der Waals surface area contributed by atoms with Crippen LogP contribution in [0.5, 0.6) is 5.75 Å². The van der Waals surface area contributed by atoms with Gasteiger partial charge in [0.2, 0.25) is 0 Å². The molecule has 0 aliphatic carbocycles. The minimum atomic E-state index is -0.294. The fourth-order valence-corrected chi connectivity index (χ4v) is 3.21. The van der Waals surface area contributed by atoms with E-state index in [1.807, 2.05) is 31.2 Å². The summed E-state index contributed by atoms with van der Waals surface area (Å²) >= 11 is 1.40. The number of ether oxygens (including phenoxy) is 1. The van der Waals surface area contributed by atoms with Crippen LogP contribution in [0.4, 0.5) is 5.82 Å². The van der Waals surface area contributed by atoms with Crippen LogP contribution in [0, 0.1) is 6.92 Å². The molecular formula is C18H18N4O2S. The molecule has 6 nitrogen and oxygen atoms in total. The van der Waals surface area contributed by atoms with Gasteiger partial charge in [0.25, 0.3) is 5.91 Å². The van der Waals surface area contributed by atoms with Crippen LogP contribution in [0.3, 0.4) is 0 Å². The van der Waals surface area contributed by atoms with E-state index in [4.69, 9.17) is 4.74 Å². The SMILES string of the molecule is CCc1cc(NC(=O)c2csc(-c3ccccc3OC)n2)nc(C)n1. The normalized spacial score (nSPS) is 10.5. The van der Waals surface area contributed by atoms with E-state index < -0.39 is 0 Å². The molecule has 0 saturated heterocycles. The molecule has 0 spiro atoms. The molecular weight excluding hydrogens is 336 g/mol. The number of aromatic nitrogens is 3. The summed E-state index contributed by atoms with van der Waals surface area (Å²) in [4.78, 5) is 25.5. The van der Waals surface area contributed by atoms with Crippen molar-refractivity contribution in [2.45, 2.75) is 20.3 Å². The summed E-state index contributed by atoms with van der Waals surface area (Å²) in [6.07, 6.45) is 0.779. The lowest BCUT2D eigenvalue weighted by atomic mass is 10.2. The molecule has 1 amide bonds. The molecule has 2 heterocycles. The summed E-state index contributed by atoms with van der Waals surface area (Å²) in [5, 5.41) is 5.25. The predicted octanol–water partition coefficient (Wildman–Crippen LogP) is 3.73. The summed E-state index contributed by atoms with van der Waals surface area (Å²) in [5.74, 6) is 1.55. The topological polar surface area (TPSA) is 77.0 Å². The molecule has 0 unspecified atom stereocenters. The van der Waals surface area contributed by atoms with E-state index in [-0.39, 0.29) is 5.91 Å². The Morgan fingerprint density at radius 2 is 2.04 bits per heavy atom. The van der Waals surface area contributed by atoms with E-state index >= 15 is 0 Å². The van der Waals surface area contributed by atoms with Crippen LogP contribution < -0.4 is 10.1 Å². The molecule has 0 fully saturated rings. The van der Waals surface area contributed by atoms with Crippen LogP contribution in [0.2, 0.25) is 0 Å². The molecule has 0 aliphatic heterocycles. The van der Waals surface area contributed by atoms with Crippen molar-refractivity contribution in [1.29, 1.82) is 0 Å². The molecule has 1 aromatic carbocycles. The number of nitrogens with zero attached hydrogens (tertiary/aromatic N) is 3. The van der Waals surface area contributed by atoms with Crippen molar-refractivity contribution in [3.63, 3.8) is 0 Å². The number of benzene rings is 1. The molecule has 0 aliphatic rings. The molecule has 128 valence electrons. The third kappa shape index (κ3) is 3.83. The first-order valence-electron chi connectivity index (χ1n) is 7.85. The smallest absolute Gasteiger partial charge is 0.276 e. The van der Waals surface area contributed by atoms with Gasteiger partial charge in [0.15, 0.2) is 0 Å². The second kappa shape index (κ2) is 7.40. The number of aryl methyl sites for hydroxylation is 2. The third-order valence-electron chi connectivity index (χ3n) is 3.57. The van der Waals surface area contributed by atoms with Crippen molar-refractivity contribution in [2.75, 3.05) is 12.4 Å². The van der Waals surface area contributed by atoms with Gasteiger partial charge in [0, 0.05) is 17.1 Å². The van der Waals surface area contributed by atoms with Crippen LogP contribution >= 0.6 is 11.3 Å². The number of hydrogen-bond donors (Lipinski definition) is 1. The zero-order chi connectivity index (χ0) is 17.8. The van der Waals surface area contributed by atoms with Crippen LogP contribution in [0.1, 0.15) is 28.9 Å². The lowest BCUT2D eigenvalue weighted by Crippen LogP contribution is -2.14. The Morgan fingerprint density at radius 1 is 1.24 bits per heavy atom. The fourth-order valence-electron chi connectivity index (χ4n) is 2.38. The second-order valence-corrected chi connectivity index (χ2v) is 6.20. The van der Waals surface area contributed by atoms with E-state index in [0.29, 0.717) is 17.3 Å². The Hall–Kier alpha value is -2.80. The maximum atomic E-state index is 12.5. The lowest BCUT2D eigenvalue weighted by molar-refractivity contribution is 0.102. The van der Waals surface area contributed by atoms with Gasteiger partial charge in [-0.1, -0.05) is 19.1 Å². The van der Waals surface area contributed by atoms with Gasteiger partial charge in [-0.2, -0.15) is 0 Å². The number of methoxy groups -OCH3 is 1. The maximum absolute atomic E-state index is 12.5. The van der Waals surface area contributed by atoms with E-state index in [1.54, 1.807) is 25.5 Å². The zero-order valence-electron chi connectivity index (χ0n) is 14.2. The van der Waals surface area contributed by atoms with Gasteiger partial charge in [-0.15, -0.1) is 11.3 Å². The van der Waals surface area contributed by atoms with Crippen molar-refractivity contribution in [2.24, 2.45) is 0 Å². The highest BCUT2D eigenvalue weighted by Crippen LogP contribution is 2.31. The van der Waals surface area contributed by atoms with Gasteiger partial charge in [-0.25, -0.2) is 15.0 Å². The number of para-hydroxylation sites is 1. The number of rotatable bonds is 5. The van der Waals surface area contributed by atoms with Crippen LogP contribution in [0.15, 0.2) is 35.7 Å². The van der Waals surface area contributed by atoms with Gasteiger partial charge in [0.05, 0.1) is 12.7 Å². The van der Waals surface area contributed by atoms with E-state index in [9.17, 15) is 4.79 Å². The van der Waals surface area contributed by atoms with Crippen molar-refractivity contribution in [1.82, 2.24) is 15.0 Å². The number of carbonyl (C=O) groups excluding carboxylic acids is 1. The van der Waals surface area contributed by atoms with E-state index in [1.165, 1.54) is 11.3 Å². The van der Waals surface area contributed by atoms with Crippen LogP contribution in [-0.2, 0) is 6.42 Å². The number of thiazole rings is 1. The Morgan fingerprint density at radius 3 is 2.80 bits per heavy atom. The molecule has 0 atom stereocenters. The van der Waals surface area contributed by atoms with Crippen molar-refractivity contribution in [3.05, 3.63) is 52.9 Å². The molecule has 3 aromatic rings. The molecule has 3 rings (SSSR count). The standard InChI is InChI=1S/C18H18N4O2S/c1-4-12-9-16(20-11(2)19-12)22-17(23)14-10-25-18(21-14)13-7-5-6-8-15(13)24-3/h5-10H,4H2,1-3H3,(H,19,20,22,23). The summed E-state index contributed by atoms with van der Waals surface area (Å²) in [6, 6.07) is 9.37. The fraction of sp³-hybridized carbons (Fsp3) is 0.222. The average molecular weight is 354 g/mol. The number of carbonyl (C=O) groups is 1. The lowest BCUT2D eigenvalue weighted by Gasteiger charge is -2.06. The third-order valence-corrected chi connectivity index (χ3v) is 4.44. The minimum absolute atomic E-state index is 0.294. The van der Waals surface area contributed by atoms with Crippen molar-refractivity contribution < 1.29 is 9.53 Å². The van der Waals surface area contributed by atoms with E-state index in [2.05, 4.69) is 20.3 Å². The number of anilines is 1. The zero-order valence-corrected chi connectivity index (χ0v) is 15.1. The van der Waals surface area contributed by atoms with E-state index in [0.717, 1.165) is 28.4 Å². The van der Waals surface area contributed by atoms with Crippen molar-refractivity contribution >= 4 is 23.1 Å². The summed E-state index contributed by atoms with van der Waals surface area (Å²) < 4.78 is 5.35. The van der Waals surface area contributed by atoms with Gasteiger partial charge < -0.3 is 10.1 Å². The van der Waals surface area contributed by atoms with Gasteiger partial charge in [0.1, 0.15) is 28.1 Å². The Balaban J connectivity index is 1.83. The summed E-state index contributed by atoms with van der Waals surface area (Å²) in [5.41, 5.74) is 2.09. The van der Waals surface area contributed by atoms with Gasteiger partial charge in [-0.3, -0.25) is 4.79 Å². The highest BCUT2D eigenvalue weighted by atomic mass is 32.1. The second-order valence-electron chi connectivity index (χ2n) is 5.34. The Kier molecular flexibility index (Phi) is 5.04. The monoisotopic (exact) mass is 354 g/mol. The number of amides is 1. The summed E-state index contributed by atoms with van der Waals surface area (Å²) in [6.45, 7) is 3.81. The largest absolute Gasteiger partial charge is 0.496 e. The van der Waals surface area contributed by atoms with Gasteiger partial charge in [-0.05, 0) is 25.5 Å². The van der Waals surface area contributed by atoms with Gasteiger partial charge >= 0.3 is 0 Å². The highest BCUT2D eigenvalue weighted by Gasteiger charge is 2.15. The number of nitrogens with one attached hydrogen (secondary N) is 1. The molecule has 1 N–H and O–H groups in total. The first-order chi connectivity index (χ1) is 12.1. The van der Waals surface area contributed by atoms with Crippen LogP contribution in [-0.4, -0.2) is 28.0 Å². The maximum Gasteiger partial charge on any atom is 0.276 e. The molecule has 0 radical (unpaired) electrons. The highest BCUT2D eigenvalue weighted by molar-refractivity contribution is 7.13. The first-order valence-corrected chi connectivity index (χ1v) is 8.73. The Labute approximate surface area is 149 Å². The first kappa shape index (κ1) is 17.0. The molecule has 7 heteroatoms. The quantitative estimate of drug-likeness (QED) is 0.755. The Bertz CT molecular complexity index is 908.